The topological polar surface area (TPSA) is 96.7 Å². The Balaban J connectivity index is 1.54. The lowest BCUT2D eigenvalue weighted by Crippen LogP contribution is -2.38. The summed E-state index contributed by atoms with van der Waals surface area (Å²) in [5.41, 5.74) is 0. The van der Waals surface area contributed by atoms with Gasteiger partial charge in [-0.3, -0.25) is 14.5 Å². The lowest BCUT2D eigenvalue weighted by atomic mass is 10.3. The molecule has 0 radical (unpaired) electrons. The Morgan fingerprint density at radius 2 is 2.32 bits per heavy atom. The molecule has 3 heterocycles. The summed E-state index contributed by atoms with van der Waals surface area (Å²) in [7, 11) is -3.22. The van der Waals surface area contributed by atoms with Crippen LogP contribution in [0.3, 0.4) is 0 Å². The van der Waals surface area contributed by atoms with Crippen molar-refractivity contribution in [2.24, 2.45) is 0 Å². The Bertz CT molecular complexity index is 871. The Labute approximate surface area is 154 Å². The second-order valence-corrected chi connectivity index (χ2v) is 9.04. The highest BCUT2D eigenvalue weighted by Crippen LogP contribution is 2.32. The largest absolute Gasteiger partial charge is 0.465 e. The molecule has 0 saturated carbocycles. The zero-order valence-corrected chi connectivity index (χ0v) is 15.3. The van der Waals surface area contributed by atoms with Crippen LogP contribution in [0.2, 0.25) is 0 Å². The minimum absolute atomic E-state index is 0.0326. The van der Waals surface area contributed by atoms with Crippen molar-refractivity contribution in [3.63, 3.8) is 0 Å². The first-order valence-electron chi connectivity index (χ1n) is 7.33. The van der Waals surface area contributed by atoms with Crippen molar-refractivity contribution in [1.29, 1.82) is 0 Å². The molecule has 1 atom stereocenters. The van der Waals surface area contributed by atoms with Gasteiger partial charge in [0.15, 0.2) is 9.84 Å². The molecule has 1 fully saturated rings. The maximum absolute atomic E-state index is 12.4. The number of amides is 2. The number of hydrogen-bond donors (Lipinski definition) is 1. The fourth-order valence-electron chi connectivity index (χ4n) is 2.35. The maximum atomic E-state index is 12.4. The van der Waals surface area contributed by atoms with Crippen LogP contribution in [-0.2, 0) is 19.4 Å². The minimum atomic E-state index is -3.22. The molecule has 3 rings (SSSR count). The van der Waals surface area contributed by atoms with E-state index in [0.29, 0.717) is 15.0 Å². The van der Waals surface area contributed by atoms with E-state index < -0.39 is 15.9 Å². The van der Waals surface area contributed by atoms with Gasteiger partial charge in [0.05, 0.1) is 23.0 Å². The number of furan rings is 1. The van der Waals surface area contributed by atoms with Crippen LogP contribution in [0, 0.1) is 0 Å². The van der Waals surface area contributed by atoms with E-state index in [1.807, 2.05) is 0 Å². The van der Waals surface area contributed by atoms with Crippen LogP contribution in [0.1, 0.15) is 12.2 Å². The molecule has 1 aromatic rings. The van der Waals surface area contributed by atoms with Crippen molar-refractivity contribution >= 4 is 56.0 Å². The van der Waals surface area contributed by atoms with E-state index in [0.717, 1.165) is 17.2 Å². The number of nitrogens with zero attached hydrogens (tertiary/aromatic N) is 1. The Hall–Kier alpha value is -1.91. The number of thiocarbonyl (C=S) groups is 1. The lowest BCUT2D eigenvalue weighted by molar-refractivity contribution is -0.124. The van der Waals surface area contributed by atoms with Crippen molar-refractivity contribution < 1.29 is 22.4 Å². The average Bonchev–Trinajstić information content (AvgIpc) is 3.21. The zero-order valence-electron chi connectivity index (χ0n) is 12.9. The normalized spacial score (nSPS) is 23.6. The molecular formula is C15H14N2O5S3. The van der Waals surface area contributed by atoms with Gasteiger partial charge >= 0.3 is 0 Å². The van der Waals surface area contributed by atoms with Gasteiger partial charge in [0.2, 0.25) is 5.91 Å². The van der Waals surface area contributed by atoms with Crippen LogP contribution in [0.5, 0.6) is 0 Å². The summed E-state index contributed by atoms with van der Waals surface area (Å²) in [5, 5.41) is 3.71. The van der Waals surface area contributed by atoms with Gasteiger partial charge in [-0.15, -0.1) is 0 Å². The molecule has 1 unspecified atom stereocenters. The molecule has 0 aromatic carbocycles. The van der Waals surface area contributed by atoms with E-state index in [-0.39, 0.29) is 30.5 Å². The maximum Gasteiger partial charge on any atom is 0.266 e. The fraction of sp³-hybridized carbons (Fsp3) is 0.267. The first-order chi connectivity index (χ1) is 11.8. The Morgan fingerprint density at radius 3 is 2.96 bits per heavy atom. The van der Waals surface area contributed by atoms with Crippen molar-refractivity contribution in [3.8, 4) is 0 Å². The van der Waals surface area contributed by atoms with Gasteiger partial charge in [0.1, 0.15) is 10.1 Å². The smallest absolute Gasteiger partial charge is 0.266 e. The summed E-state index contributed by atoms with van der Waals surface area (Å²) in [5.74, 6) is -0.197. The van der Waals surface area contributed by atoms with E-state index >= 15 is 0 Å². The predicted molar refractivity (Wildman–Crippen MR) is 98.1 cm³/mol. The summed E-state index contributed by atoms with van der Waals surface area (Å²) in [6.07, 6.45) is 4.59. The van der Waals surface area contributed by atoms with E-state index in [9.17, 15) is 18.0 Å². The predicted octanol–water partition coefficient (Wildman–Crippen LogP) is 1.30. The third kappa shape index (κ3) is 4.39. The summed E-state index contributed by atoms with van der Waals surface area (Å²) in [6, 6.07) is 2.92. The number of thioether (sulfide) groups is 1. The molecule has 2 amide bonds. The summed E-state index contributed by atoms with van der Waals surface area (Å²) >= 11 is 6.34. The van der Waals surface area contributed by atoms with Crippen molar-refractivity contribution in [3.05, 3.63) is 40.5 Å². The van der Waals surface area contributed by atoms with Crippen LogP contribution in [-0.4, -0.2) is 47.8 Å². The van der Waals surface area contributed by atoms with Crippen LogP contribution in [0.4, 0.5) is 0 Å². The highest BCUT2D eigenvalue weighted by Gasteiger charge is 2.32. The molecule has 7 nitrogen and oxygen atoms in total. The third-order valence-electron chi connectivity index (χ3n) is 3.53. The molecule has 2 aliphatic rings. The number of rotatable bonds is 5. The first-order valence-corrected chi connectivity index (χ1v) is 10.3. The first kappa shape index (κ1) is 17.9. The number of nitrogens with one attached hydrogen (secondary N) is 1. The molecule has 1 aromatic heterocycles. The molecule has 25 heavy (non-hydrogen) atoms. The van der Waals surface area contributed by atoms with E-state index in [1.165, 1.54) is 17.2 Å². The molecule has 0 spiro atoms. The molecule has 1 saturated heterocycles. The standard InChI is InChI=1S/C15H14N2O5S3/c18-13(16-10-4-7-25(20,21)9-10)3-5-17-14(19)12(24-15(17)23)8-11-2-1-6-22-11/h1-2,4,6-8,10H,3,5,9H2,(H,16,18)/b12-8+. The number of hydrogen-bond acceptors (Lipinski definition) is 7. The zero-order chi connectivity index (χ0) is 18.0. The second kappa shape index (κ2) is 7.14. The van der Waals surface area contributed by atoms with E-state index in [1.54, 1.807) is 18.2 Å². The van der Waals surface area contributed by atoms with Crippen molar-refractivity contribution in [2.45, 2.75) is 12.5 Å². The minimum Gasteiger partial charge on any atom is -0.465 e. The summed E-state index contributed by atoms with van der Waals surface area (Å²) < 4.78 is 28.2. The summed E-state index contributed by atoms with van der Waals surface area (Å²) in [6.45, 7) is 0.134. The van der Waals surface area contributed by atoms with Crippen LogP contribution >= 0.6 is 24.0 Å². The van der Waals surface area contributed by atoms with Crippen molar-refractivity contribution in [1.82, 2.24) is 10.2 Å². The van der Waals surface area contributed by atoms with E-state index in [4.69, 9.17) is 16.6 Å². The van der Waals surface area contributed by atoms with Crippen LogP contribution < -0.4 is 5.32 Å². The summed E-state index contributed by atoms with van der Waals surface area (Å²) in [4.78, 5) is 26.1. The van der Waals surface area contributed by atoms with Gasteiger partial charge in [-0.1, -0.05) is 24.0 Å². The average molecular weight is 398 g/mol. The van der Waals surface area contributed by atoms with Crippen LogP contribution in [0.15, 0.2) is 39.2 Å². The molecule has 0 aliphatic carbocycles. The van der Waals surface area contributed by atoms with Gasteiger partial charge in [-0.05, 0) is 18.2 Å². The van der Waals surface area contributed by atoms with Crippen LogP contribution in [0.25, 0.3) is 6.08 Å². The van der Waals surface area contributed by atoms with E-state index in [2.05, 4.69) is 5.32 Å². The van der Waals surface area contributed by atoms with Gasteiger partial charge in [-0.2, -0.15) is 0 Å². The van der Waals surface area contributed by atoms with Gasteiger partial charge in [0.25, 0.3) is 5.91 Å². The third-order valence-corrected chi connectivity index (χ3v) is 6.30. The quantitative estimate of drug-likeness (QED) is 0.590. The SMILES string of the molecule is O=C(CCN1C(=O)/C(=C\c2ccco2)SC1=S)NC1C=CS(=O)(=O)C1. The monoisotopic (exact) mass is 398 g/mol. The molecule has 132 valence electrons. The fourth-order valence-corrected chi connectivity index (χ4v) is 4.88. The Kier molecular flexibility index (Phi) is 5.11. The molecule has 10 heteroatoms. The molecule has 0 bridgehead atoms. The molecular weight excluding hydrogens is 384 g/mol. The number of carbonyl (C=O) groups excluding carboxylic acids is 2. The lowest BCUT2D eigenvalue weighted by Gasteiger charge is -2.15. The van der Waals surface area contributed by atoms with Gasteiger partial charge < -0.3 is 9.73 Å². The Morgan fingerprint density at radius 1 is 1.52 bits per heavy atom. The number of sulfone groups is 1. The highest BCUT2D eigenvalue weighted by atomic mass is 32.2. The highest BCUT2D eigenvalue weighted by molar-refractivity contribution is 8.26. The van der Waals surface area contributed by atoms with Gasteiger partial charge in [0, 0.05) is 24.4 Å². The second-order valence-electron chi connectivity index (χ2n) is 5.43. The van der Waals surface area contributed by atoms with Gasteiger partial charge in [-0.25, -0.2) is 8.42 Å². The molecule has 1 N–H and O–H groups in total. The van der Waals surface area contributed by atoms with Crippen molar-refractivity contribution in [2.75, 3.05) is 12.3 Å². The number of carbonyl (C=O) groups is 2. The molecule has 2 aliphatic heterocycles.